The minimum absolute atomic E-state index is 0.261. The topological polar surface area (TPSA) is 85.0 Å². The molecule has 0 bridgehead atoms. The summed E-state index contributed by atoms with van der Waals surface area (Å²) in [6, 6.07) is 5.63. The zero-order valence-corrected chi connectivity index (χ0v) is 9.75. The van der Waals surface area contributed by atoms with E-state index < -0.39 is 0 Å². The van der Waals surface area contributed by atoms with Crippen LogP contribution < -0.4 is 14.8 Å². The van der Waals surface area contributed by atoms with Gasteiger partial charge in [-0.1, -0.05) is 0 Å². The summed E-state index contributed by atoms with van der Waals surface area (Å²) in [5, 5.41) is 3.20. The molecule has 7 heteroatoms. The molecule has 0 spiro atoms. The molecule has 0 saturated carbocycles. The number of nitrogens with one attached hydrogen (secondary N) is 2. The summed E-state index contributed by atoms with van der Waals surface area (Å²) >= 11 is 0. The third-order valence-corrected chi connectivity index (χ3v) is 2.86. The Morgan fingerprint density at radius 3 is 3.05 bits per heavy atom. The maximum atomic E-state index is 5.33. The summed E-state index contributed by atoms with van der Waals surface area (Å²) in [6.07, 6.45) is 3.06. The first kappa shape index (κ1) is 10.1. The lowest BCUT2D eigenvalue weighted by atomic mass is 10.3. The summed E-state index contributed by atoms with van der Waals surface area (Å²) < 4.78 is 10.6. The first-order valence-corrected chi connectivity index (χ1v) is 5.71. The maximum absolute atomic E-state index is 5.33. The molecular weight excluding hydrogens is 246 g/mol. The maximum Gasteiger partial charge on any atom is 0.231 e. The Kier molecular flexibility index (Phi) is 2.05. The number of hydrogen-bond donors (Lipinski definition) is 2. The van der Waals surface area contributed by atoms with Crippen LogP contribution in [0, 0.1) is 0 Å². The number of imidazole rings is 1. The molecule has 3 heterocycles. The second-order valence-corrected chi connectivity index (χ2v) is 4.02. The van der Waals surface area contributed by atoms with Crippen molar-refractivity contribution in [3.05, 3.63) is 30.9 Å². The van der Waals surface area contributed by atoms with Crippen LogP contribution in [0.2, 0.25) is 0 Å². The van der Waals surface area contributed by atoms with Crippen LogP contribution in [-0.2, 0) is 0 Å². The second kappa shape index (κ2) is 3.84. The van der Waals surface area contributed by atoms with Crippen molar-refractivity contribution in [1.29, 1.82) is 0 Å². The number of ether oxygens (including phenoxy) is 2. The second-order valence-electron chi connectivity index (χ2n) is 4.02. The largest absolute Gasteiger partial charge is 0.454 e. The minimum atomic E-state index is 0.261. The molecule has 4 rings (SSSR count). The number of nitrogens with zero attached hydrogens (tertiary/aromatic N) is 3. The van der Waals surface area contributed by atoms with Crippen LogP contribution in [0.4, 0.5) is 11.5 Å². The van der Waals surface area contributed by atoms with Gasteiger partial charge < -0.3 is 19.8 Å². The Hall–Kier alpha value is -2.83. The number of aromatic nitrogens is 4. The van der Waals surface area contributed by atoms with Crippen molar-refractivity contribution in [1.82, 2.24) is 19.9 Å². The molecule has 0 radical (unpaired) electrons. The number of fused-ring (bicyclic) bond motifs is 2. The van der Waals surface area contributed by atoms with Crippen LogP contribution in [0.15, 0.2) is 30.9 Å². The SMILES string of the molecule is c1nc(Nc2ccc3c(c2)OCO3)c2[nH]cnc2n1. The molecule has 1 aliphatic heterocycles. The van der Waals surface area contributed by atoms with Crippen molar-refractivity contribution >= 4 is 22.7 Å². The zero-order valence-electron chi connectivity index (χ0n) is 9.75. The van der Waals surface area contributed by atoms with Crippen LogP contribution in [0.25, 0.3) is 11.2 Å². The Morgan fingerprint density at radius 2 is 2.05 bits per heavy atom. The van der Waals surface area contributed by atoms with Crippen molar-refractivity contribution in [3.8, 4) is 11.5 Å². The van der Waals surface area contributed by atoms with Gasteiger partial charge in [-0.15, -0.1) is 0 Å². The van der Waals surface area contributed by atoms with Gasteiger partial charge >= 0.3 is 0 Å². The highest BCUT2D eigenvalue weighted by Crippen LogP contribution is 2.35. The average molecular weight is 255 g/mol. The number of rotatable bonds is 2. The van der Waals surface area contributed by atoms with Gasteiger partial charge in [-0.05, 0) is 12.1 Å². The van der Waals surface area contributed by atoms with E-state index in [1.54, 1.807) is 6.33 Å². The van der Waals surface area contributed by atoms with E-state index in [9.17, 15) is 0 Å². The molecule has 0 fully saturated rings. The van der Waals surface area contributed by atoms with E-state index in [2.05, 4.69) is 25.3 Å². The van der Waals surface area contributed by atoms with E-state index in [4.69, 9.17) is 9.47 Å². The molecule has 0 saturated heterocycles. The van der Waals surface area contributed by atoms with Gasteiger partial charge in [0.15, 0.2) is 23.0 Å². The average Bonchev–Trinajstić information content (AvgIpc) is 3.06. The minimum Gasteiger partial charge on any atom is -0.454 e. The normalized spacial score (nSPS) is 12.8. The number of anilines is 2. The molecule has 0 unspecified atom stereocenters. The summed E-state index contributed by atoms with van der Waals surface area (Å²) in [5.41, 5.74) is 2.25. The van der Waals surface area contributed by atoms with E-state index in [1.807, 2.05) is 18.2 Å². The first-order chi connectivity index (χ1) is 9.40. The standard InChI is InChI=1S/C12H9N5O2/c1-2-8-9(19-6-18-8)3-7(1)17-12-10-11(14-4-13-10)15-5-16-12/h1-5H,6H2,(H2,13,14,15,16,17). The third kappa shape index (κ3) is 1.63. The summed E-state index contributed by atoms with van der Waals surface area (Å²) in [5.74, 6) is 2.14. The Labute approximate surface area is 107 Å². The van der Waals surface area contributed by atoms with E-state index in [0.717, 1.165) is 22.7 Å². The molecular formula is C12H9N5O2. The number of hydrogen-bond acceptors (Lipinski definition) is 6. The fourth-order valence-electron chi connectivity index (χ4n) is 1.97. The monoisotopic (exact) mass is 255 g/mol. The van der Waals surface area contributed by atoms with E-state index in [0.29, 0.717) is 11.5 Å². The molecule has 3 aromatic rings. The zero-order chi connectivity index (χ0) is 12.7. The smallest absolute Gasteiger partial charge is 0.231 e. The molecule has 0 aliphatic carbocycles. The van der Waals surface area contributed by atoms with Crippen molar-refractivity contribution in [2.75, 3.05) is 12.1 Å². The van der Waals surface area contributed by atoms with Crippen LogP contribution in [0.3, 0.4) is 0 Å². The van der Waals surface area contributed by atoms with Gasteiger partial charge in [-0.3, -0.25) is 0 Å². The molecule has 0 atom stereocenters. The molecule has 0 amide bonds. The fraction of sp³-hybridized carbons (Fsp3) is 0.0833. The summed E-state index contributed by atoms with van der Waals surface area (Å²) in [6.45, 7) is 0.261. The van der Waals surface area contributed by atoms with E-state index in [1.165, 1.54) is 6.33 Å². The van der Waals surface area contributed by atoms with Crippen LogP contribution in [0.1, 0.15) is 0 Å². The molecule has 1 aromatic carbocycles. The molecule has 2 N–H and O–H groups in total. The Balaban J connectivity index is 1.73. The summed E-state index contributed by atoms with van der Waals surface area (Å²) in [4.78, 5) is 15.4. The van der Waals surface area contributed by atoms with Gasteiger partial charge in [0.05, 0.1) is 6.33 Å². The van der Waals surface area contributed by atoms with E-state index in [-0.39, 0.29) is 6.79 Å². The van der Waals surface area contributed by atoms with Crippen LogP contribution in [0.5, 0.6) is 11.5 Å². The molecule has 2 aromatic heterocycles. The fourth-order valence-corrected chi connectivity index (χ4v) is 1.97. The molecule has 94 valence electrons. The van der Waals surface area contributed by atoms with Gasteiger partial charge in [-0.2, -0.15) is 0 Å². The van der Waals surface area contributed by atoms with Crippen LogP contribution >= 0.6 is 0 Å². The van der Waals surface area contributed by atoms with Crippen molar-refractivity contribution < 1.29 is 9.47 Å². The van der Waals surface area contributed by atoms with Crippen molar-refractivity contribution in [2.45, 2.75) is 0 Å². The predicted octanol–water partition coefficient (Wildman–Crippen LogP) is 1.83. The van der Waals surface area contributed by atoms with Gasteiger partial charge in [0, 0.05) is 11.8 Å². The van der Waals surface area contributed by atoms with E-state index >= 15 is 0 Å². The molecule has 19 heavy (non-hydrogen) atoms. The third-order valence-electron chi connectivity index (χ3n) is 2.86. The Bertz CT molecular complexity index is 755. The first-order valence-electron chi connectivity index (χ1n) is 5.71. The lowest BCUT2D eigenvalue weighted by Crippen LogP contribution is -1.95. The lowest BCUT2D eigenvalue weighted by Gasteiger charge is -2.06. The number of benzene rings is 1. The highest BCUT2D eigenvalue weighted by molar-refractivity contribution is 5.84. The van der Waals surface area contributed by atoms with Gasteiger partial charge in [-0.25, -0.2) is 15.0 Å². The number of aromatic amines is 1. The van der Waals surface area contributed by atoms with Gasteiger partial charge in [0.1, 0.15) is 11.8 Å². The predicted molar refractivity (Wildman–Crippen MR) is 67.5 cm³/mol. The Morgan fingerprint density at radius 1 is 1.11 bits per heavy atom. The van der Waals surface area contributed by atoms with Crippen LogP contribution in [-0.4, -0.2) is 26.7 Å². The van der Waals surface area contributed by atoms with Gasteiger partial charge in [0.2, 0.25) is 6.79 Å². The quantitative estimate of drug-likeness (QED) is 0.726. The van der Waals surface area contributed by atoms with Crippen molar-refractivity contribution in [3.63, 3.8) is 0 Å². The van der Waals surface area contributed by atoms with Crippen molar-refractivity contribution in [2.24, 2.45) is 0 Å². The highest BCUT2D eigenvalue weighted by Gasteiger charge is 2.14. The molecule has 1 aliphatic rings. The lowest BCUT2D eigenvalue weighted by molar-refractivity contribution is 0.174. The summed E-state index contributed by atoms with van der Waals surface area (Å²) in [7, 11) is 0. The molecule has 7 nitrogen and oxygen atoms in total. The number of H-pyrrole nitrogens is 1. The highest BCUT2D eigenvalue weighted by atomic mass is 16.7. The van der Waals surface area contributed by atoms with Gasteiger partial charge in [0.25, 0.3) is 0 Å².